The van der Waals surface area contributed by atoms with E-state index in [4.69, 9.17) is 9.84 Å². The Balaban J connectivity index is 4.30. The van der Waals surface area contributed by atoms with Crippen molar-refractivity contribution < 1.29 is 24.2 Å². The van der Waals surface area contributed by atoms with Crippen LogP contribution in [0.1, 0.15) is 20.8 Å². The molecule has 0 fully saturated rings. The van der Waals surface area contributed by atoms with Crippen LogP contribution in [0.15, 0.2) is 0 Å². The van der Waals surface area contributed by atoms with Gasteiger partial charge >= 0.3 is 18.0 Å². The third-order valence-corrected chi connectivity index (χ3v) is 1.98. The minimum atomic E-state index is -1.11. The average molecular weight is 246 g/mol. The third-order valence-electron chi connectivity index (χ3n) is 1.98. The van der Waals surface area contributed by atoms with Crippen LogP contribution in [-0.2, 0) is 14.3 Å². The van der Waals surface area contributed by atoms with Gasteiger partial charge in [0.05, 0.1) is 6.61 Å². The van der Waals surface area contributed by atoms with Crippen LogP contribution in [0.3, 0.4) is 0 Å². The SMILES string of the molecule is CCOC(=O)C(C)NC(=O)N(CC)CC(=O)O. The van der Waals surface area contributed by atoms with E-state index in [1.807, 2.05) is 0 Å². The molecule has 0 radical (unpaired) electrons. The van der Waals surface area contributed by atoms with Gasteiger partial charge in [-0.05, 0) is 20.8 Å². The summed E-state index contributed by atoms with van der Waals surface area (Å²) in [7, 11) is 0. The lowest BCUT2D eigenvalue weighted by molar-refractivity contribution is -0.144. The molecule has 0 aliphatic rings. The van der Waals surface area contributed by atoms with Gasteiger partial charge in [-0.1, -0.05) is 0 Å². The van der Waals surface area contributed by atoms with E-state index in [0.717, 1.165) is 4.90 Å². The predicted molar refractivity (Wildman–Crippen MR) is 59.5 cm³/mol. The molecule has 0 saturated heterocycles. The Labute approximate surface area is 99.7 Å². The Hall–Kier alpha value is -1.79. The number of nitrogens with one attached hydrogen (secondary N) is 1. The molecule has 0 spiro atoms. The van der Waals surface area contributed by atoms with Crippen molar-refractivity contribution in [2.45, 2.75) is 26.8 Å². The summed E-state index contributed by atoms with van der Waals surface area (Å²) in [5, 5.41) is 10.9. The number of esters is 1. The summed E-state index contributed by atoms with van der Waals surface area (Å²) in [5.41, 5.74) is 0. The zero-order valence-corrected chi connectivity index (χ0v) is 10.2. The van der Waals surface area contributed by atoms with E-state index < -0.39 is 30.6 Å². The Bertz CT molecular complexity index is 292. The van der Waals surface area contributed by atoms with Crippen LogP contribution in [-0.4, -0.2) is 53.7 Å². The van der Waals surface area contributed by atoms with Gasteiger partial charge in [-0.15, -0.1) is 0 Å². The van der Waals surface area contributed by atoms with E-state index in [1.54, 1.807) is 13.8 Å². The molecule has 0 aliphatic carbocycles. The number of carbonyl (C=O) groups excluding carboxylic acids is 2. The molecule has 0 rings (SSSR count). The lowest BCUT2D eigenvalue weighted by atomic mass is 10.3. The van der Waals surface area contributed by atoms with Gasteiger partial charge in [0.15, 0.2) is 0 Å². The first kappa shape index (κ1) is 15.2. The van der Waals surface area contributed by atoms with Crippen LogP contribution in [0.2, 0.25) is 0 Å². The molecule has 0 aliphatic heterocycles. The van der Waals surface area contributed by atoms with Gasteiger partial charge in [0.1, 0.15) is 12.6 Å². The standard InChI is InChI=1S/C10H18N2O5/c1-4-12(6-8(13)14)10(16)11-7(3)9(15)17-5-2/h7H,4-6H2,1-3H3,(H,11,16)(H,13,14). The molecular weight excluding hydrogens is 228 g/mol. The van der Waals surface area contributed by atoms with E-state index >= 15 is 0 Å². The van der Waals surface area contributed by atoms with Gasteiger partial charge in [-0.2, -0.15) is 0 Å². The molecule has 7 heteroatoms. The first-order valence-corrected chi connectivity index (χ1v) is 5.36. The molecule has 7 nitrogen and oxygen atoms in total. The predicted octanol–water partition coefficient (Wildman–Crippen LogP) is 0.0541. The number of ether oxygens (including phenoxy) is 1. The lowest BCUT2D eigenvalue weighted by Crippen LogP contribution is -2.48. The molecule has 0 saturated carbocycles. The summed E-state index contributed by atoms with van der Waals surface area (Å²) in [4.78, 5) is 34.4. The van der Waals surface area contributed by atoms with E-state index in [-0.39, 0.29) is 13.2 Å². The lowest BCUT2D eigenvalue weighted by Gasteiger charge is -2.21. The Morgan fingerprint density at radius 2 is 1.94 bits per heavy atom. The summed E-state index contributed by atoms with van der Waals surface area (Å²) in [5.74, 6) is -1.65. The number of amides is 2. The highest BCUT2D eigenvalue weighted by Crippen LogP contribution is 1.93. The Morgan fingerprint density at radius 1 is 1.35 bits per heavy atom. The summed E-state index contributed by atoms with van der Waals surface area (Å²) in [6.07, 6.45) is 0. The summed E-state index contributed by atoms with van der Waals surface area (Å²) >= 11 is 0. The molecule has 17 heavy (non-hydrogen) atoms. The normalized spacial score (nSPS) is 11.5. The molecule has 1 unspecified atom stereocenters. The summed E-state index contributed by atoms with van der Waals surface area (Å²) < 4.78 is 4.71. The van der Waals surface area contributed by atoms with Crippen molar-refractivity contribution in [2.24, 2.45) is 0 Å². The number of carboxylic acids is 1. The monoisotopic (exact) mass is 246 g/mol. The second-order valence-corrected chi connectivity index (χ2v) is 3.33. The van der Waals surface area contributed by atoms with Gasteiger partial charge < -0.3 is 20.1 Å². The van der Waals surface area contributed by atoms with Crippen LogP contribution in [0.4, 0.5) is 4.79 Å². The molecule has 0 heterocycles. The largest absolute Gasteiger partial charge is 0.480 e. The molecule has 98 valence electrons. The average Bonchev–Trinajstić information content (AvgIpc) is 2.25. The molecular formula is C10H18N2O5. The second kappa shape index (κ2) is 7.48. The molecule has 0 aromatic rings. The fourth-order valence-electron chi connectivity index (χ4n) is 1.09. The van der Waals surface area contributed by atoms with Gasteiger partial charge in [-0.3, -0.25) is 4.79 Å². The first-order valence-electron chi connectivity index (χ1n) is 5.36. The highest BCUT2D eigenvalue weighted by Gasteiger charge is 2.21. The van der Waals surface area contributed by atoms with Crippen molar-refractivity contribution in [3.63, 3.8) is 0 Å². The third kappa shape index (κ3) is 5.74. The minimum absolute atomic E-state index is 0.228. The Kier molecular flexibility index (Phi) is 6.69. The number of carboxylic acid groups (broad SMARTS) is 1. The van der Waals surface area contributed by atoms with Crippen LogP contribution >= 0.6 is 0 Å². The number of nitrogens with zero attached hydrogens (tertiary/aromatic N) is 1. The smallest absolute Gasteiger partial charge is 0.328 e. The van der Waals surface area contributed by atoms with Gasteiger partial charge in [0.2, 0.25) is 0 Å². The summed E-state index contributed by atoms with van der Waals surface area (Å²) in [6, 6.07) is -1.40. The van der Waals surface area contributed by atoms with Crippen LogP contribution < -0.4 is 5.32 Å². The van der Waals surface area contributed by atoms with Crippen LogP contribution in [0, 0.1) is 0 Å². The van der Waals surface area contributed by atoms with Crippen LogP contribution in [0.5, 0.6) is 0 Å². The van der Waals surface area contributed by atoms with Crippen molar-refractivity contribution >= 4 is 18.0 Å². The van der Waals surface area contributed by atoms with Crippen molar-refractivity contribution in [1.29, 1.82) is 0 Å². The first-order chi connectivity index (χ1) is 7.92. The molecule has 2 N–H and O–H groups in total. The molecule has 0 aromatic heterocycles. The van der Waals surface area contributed by atoms with Crippen molar-refractivity contribution in [2.75, 3.05) is 19.7 Å². The summed E-state index contributed by atoms with van der Waals surface area (Å²) in [6.45, 7) is 4.86. The fourth-order valence-corrected chi connectivity index (χ4v) is 1.09. The van der Waals surface area contributed by atoms with E-state index in [2.05, 4.69) is 5.32 Å². The van der Waals surface area contributed by atoms with E-state index in [1.165, 1.54) is 6.92 Å². The highest BCUT2D eigenvalue weighted by atomic mass is 16.5. The molecule has 0 bridgehead atoms. The maximum atomic E-state index is 11.6. The van der Waals surface area contributed by atoms with Crippen molar-refractivity contribution in [3.8, 4) is 0 Å². The van der Waals surface area contributed by atoms with Crippen LogP contribution in [0.25, 0.3) is 0 Å². The maximum absolute atomic E-state index is 11.6. The minimum Gasteiger partial charge on any atom is -0.480 e. The van der Waals surface area contributed by atoms with E-state index in [9.17, 15) is 14.4 Å². The van der Waals surface area contributed by atoms with Gasteiger partial charge in [0.25, 0.3) is 0 Å². The second-order valence-electron chi connectivity index (χ2n) is 3.33. The number of likely N-dealkylation sites (N-methyl/N-ethyl adjacent to an activating group) is 1. The molecule has 0 aromatic carbocycles. The zero-order chi connectivity index (χ0) is 13.4. The molecule has 2 amide bonds. The number of aliphatic carboxylic acids is 1. The topological polar surface area (TPSA) is 95.9 Å². The fraction of sp³-hybridized carbons (Fsp3) is 0.700. The van der Waals surface area contributed by atoms with Gasteiger partial charge in [-0.25, -0.2) is 9.59 Å². The number of hydrogen-bond acceptors (Lipinski definition) is 4. The van der Waals surface area contributed by atoms with Crippen molar-refractivity contribution in [1.82, 2.24) is 10.2 Å². The number of urea groups is 1. The molecule has 1 atom stereocenters. The van der Waals surface area contributed by atoms with Crippen molar-refractivity contribution in [3.05, 3.63) is 0 Å². The zero-order valence-electron chi connectivity index (χ0n) is 10.2. The number of carbonyl (C=O) groups is 3. The van der Waals surface area contributed by atoms with Gasteiger partial charge in [0, 0.05) is 6.54 Å². The van der Waals surface area contributed by atoms with E-state index in [0.29, 0.717) is 0 Å². The number of rotatable bonds is 6. The highest BCUT2D eigenvalue weighted by molar-refractivity contribution is 5.85. The maximum Gasteiger partial charge on any atom is 0.328 e. The number of hydrogen-bond donors (Lipinski definition) is 2. The Morgan fingerprint density at radius 3 is 2.35 bits per heavy atom. The quantitative estimate of drug-likeness (QED) is 0.646.